The van der Waals surface area contributed by atoms with E-state index in [0.29, 0.717) is 47.3 Å². The third-order valence-corrected chi connectivity index (χ3v) is 8.68. The Morgan fingerprint density at radius 2 is 1.88 bits per heavy atom. The molecule has 2 aliphatic heterocycles. The molecule has 0 spiro atoms. The van der Waals surface area contributed by atoms with Crippen LogP contribution in [0.4, 0.5) is 17.3 Å². The van der Waals surface area contributed by atoms with Crippen LogP contribution < -0.4 is 21.1 Å². The highest BCUT2D eigenvalue weighted by atomic mass is 35.5. The van der Waals surface area contributed by atoms with Gasteiger partial charge in [0, 0.05) is 65.8 Å². The summed E-state index contributed by atoms with van der Waals surface area (Å²) in [5, 5.41) is 8.03. The van der Waals surface area contributed by atoms with Gasteiger partial charge in [0.2, 0.25) is 5.95 Å². The minimum Gasteiger partial charge on any atom is -0.372 e. The molecule has 3 aromatic carbocycles. The Morgan fingerprint density at radius 1 is 1.05 bits per heavy atom. The van der Waals surface area contributed by atoms with E-state index in [0.717, 1.165) is 35.3 Å². The summed E-state index contributed by atoms with van der Waals surface area (Å²) < 4.78 is 7.73. The molecule has 1 saturated heterocycles. The van der Waals surface area contributed by atoms with Gasteiger partial charge in [0.1, 0.15) is 5.65 Å². The minimum atomic E-state index is -0.134. The number of fused-ring (bicyclic) bond motifs is 2. The Labute approximate surface area is 255 Å². The van der Waals surface area contributed by atoms with Crippen LogP contribution in [0.15, 0.2) is 83.8 Å². The number of halogens is 1. The first-order chi connectivity index (χ1) is 20.9. The number of benzene rings is 3. The number of nitrogens with one attached hydrogen (secondary N) is 2. The summed E-state index contributed by atoms with van der Waals surface area (Å²) in [6.45, 7) is 5.04. The molecule has 1 fully saturated rings. The summed E-state index contributed by atoms with van der Waals surface area (Å²) in [5.41, 5.74) is 7.11. The molecule has 218 valence electrons. The summed E-state index contributed by atoms with van der Waals surface area (Å²) in [6, 6.07) is 24.0. The van der Waals surface area contributed by atoms with E-state index >= 15 is 0 Å². The van der Waals surface area contributed by atoms with E-state index in [1.807, 2.05) is 60.0 Å². The zero-order valence-corrected chi connectivity index (χ0v) is 24.9. The maximum absolute atomic E-state index is 14.4. The SMILES string of the molecule is Cc1ccc(-c2cc3cnc(Nc4ccc(C5CNCCO5)cc4)nc3n(C3Cc4ccccc4N(C)C3)c2=O)c(Cl)c1. The van der Waals surface area contributed by atoms with Crippen molar-refractivity contribution in [2.45, 2.75) is 25.5 Å². The van der Waals surface area contributed by atoms with Gasteiger partial charge in [-0.3, -0.25) is 9.36 Å². The molecule has 0 radical (unpaired) electrons. The number of aryl methyl sites for hydroxylation is 1. The van der Waals surface area contributed by atoms with Crippen molar-refractivity contribution in [2.24, 2.45) is 0 Å². The second-order valence-electron chi connectivity index (χ2n) is 11.4. The first-order valence-electron chi connectivity index (χ1n) is 14.6. The molecule has 8 nitrogen and oxygen atoms in total. The smallest absolute Gasteiger partial charge is 0.260 e. The molecule has 9 heteroatoms. The van der Waals surface area contributed by atoms with Crippen LogP contribution >= 0.6 is 11.6 Å². The molecular weight excluding hydrogens is 560 g/mol. The van der Waals surface area contributed by atoms with Crippen molar-refractivity contribution in [1.29, 1.82) is 0 Å². The first-order valence-corrected chi connectivity index (χ1v) is 15.0. The zero-order valence-electron chi connectivity index (χ0n) is 24.2. The number of pyridine rings is 1. The van der Waals surface area contributed by atoms with Crippen LogP contribution in [-0.4, -0.2) is 47.8 Å². The van der Waals surface area contributed by atoms with Gasteiger partial charge >= 0.3 is 0 Å². The number of morpholine rings is 1. The predicted molar refractivity (Wildman–Crippen MR) is 173 cm³/mol. The van der Waals surface area contributed by atoms with E-state index in [4.69, 9.17) is 21.3 Å². The molecule has 2 aliphatic rings. The van der Waals surface area contributed by atoms with E-state index in [9.17, 15) is 4.79 Å². The predicted octanol–water partition coefficient (Wildman–Crippen LogP) is 6.06. The lowest BCUT2D eigenvalue weighted by molar-refractivity contribution is 0.0277. The molecule has 2 aromatic heterocycles. The van der Waals surface area contributed by atoms with Gasteiger partial charge in [0.15, 0.2) is 0 Å². The van der Waals surface area contributed by atoms with Crippen molar-refractivity contribution in [3.05, 3.63) is 111 Å². The zero-order chi connectivity index (χ0) is 29.5. The van der Waals surface area contributed by atoms with Crippen molar-refractivity contribution in [2.75, 3.05) is 43.5 Å². The topological polar surface area (TPSA) is 84.3 Å². The van der Waals surface area contributed by atoms with Crippen LogP contribution in [0.2, 0.25) is 5.02 Å². The molecule has 2 N–H and O–H groups in total. The molecule has 5 aromatic rings. The molecule has 2 atom stereocenters. The number of anilines is 3. The van der Waals surface area contributed by atoms with Crippen LogP contribution in [0.1, 0.15) is 28.8 Å². The average Bonchev–Trinajstić information content (AvgIpc) is 3.02. The lowest BCUT2D eigenvalue weighted by atomic mass is 9.97. The summed E-state index contributed by atoms with van der Waals surface area (Å²) >= 11 is 6.68. The Bertz CT molecular complexity index is 1870. The van der Waals surface area contributed by atoms with Crippen LogP contribution in [-0.2, 0) is 11.2 Å². The van der Waals surface area contributed by atoms with Crippen LogP contribution in [0.25, 0.3) is 22.2 Å². The number of para-hydroxylation sites is 1. The molecule has 0 saturated carbocycles. The lowest BCUT2D eigenvalue weighted by Gasteiger charge is -2.35. The highest BCUT2D eigenvalue weighted by Crippen LogP contribution is 2.34. The van der Waals surface area contributed by atoms with E-state index in [-0.39, 0.29) is 17.7 Å². The fourth-order valence-electron chi connectivity index (χ4n) is 6.20. The maximum Gasteiger partial charge on any atom is 0.260 e. The summed E-state index contributed by atoms with van der Waals surface area (Å²) in [5.74, 6) is 0.426. The fourth-order valence-corrected chi connectivity index (χ4v) is 6.54. The van der Waals surface area contributed by atoms with Gasteiger partial charge in [0.05, 0.1) is 18.8 Å². The van der Waals surface area contributed by atoms with E-state index in [1.54, 1.807) is 6.20 Å². The van der Waals surface area contributed by atoms with E-state index < -0.39 is 0 Å². The van der Waals surface area contributed by atoms with E-state index in [1.165, 1.54) is 11.3 Å². The molecular formula is C34H33ClN6O2. The second kappa shape index (κ2) is 11.4. The summed E-state index contributed by atoms with van der Waals surface area (Å²) in [7, 11) is 2.07. The number of ether oxygens (including phenoxy) is 1. The maximum atomic E-state index is 14.4. The Kier molecular flexibility index (Phi) is 7.34. The third-order valence-electron chi connectivity index (χ3n) is 8.36. The highest BCUT2D eigenvalue weighted by molar-refractivity contribution is 6.33. The van der Waals surface area contributed by atoms with Gasteiger partial charge in [-0.1, -0.05) is 54.1 Å². The average molecular weight is 593 g/mol. The van der Waals surface area contributed by atoms with Gasteiger partial charge < -0.3 is 20.3 Å². The monoisotopic (exact) mass is 592 g/mol. The van der Waals surface area contributed by atoms with Gasteiger partial charge in [-0.05, 0) is 60.4 Å². The summed E-state index contributed by atoms with van der Waals surface area (Å²) in [6.07, 6.45) is 2.54. The molecule has 2 unspecified atom stereocenters. The number of hydrogen-bond donors (Lipinski definition) is 2. The van der Waals surface area contributed by atoms with Crippen LogP contribution in [0, 0.1) is 6.92 Å². The fraction of sp³-hybridized carbons (Fsp3) is 0.265. The summed E-state index contributed by atoms with van der Waals surface area (Å²) in [4.78, 5) is 26.2. The third kappa shape index (κ3) is 5.38. The van der Waals surface area contributed by atoms with Crippen LogP contribution in [0.3, 0.4) is 0 Å². The molecule has 0 amide bonds. The Balaban J connectivity index is 1.30. The molecule has 0 bridgehead atoms. The number of rotatable bonds is 5. The van der Waals surface area contributed by atoms with Crippen molar-refractivity contribution in [3.63, 3.8) is 0 Å². The van der Waals surface area contributed by atoms with Gasteiger partial charge in [-0.2, -0.15) is 4.98 Å². The first kappa shape index (κ1) is 27.6. The molecule has 7 rings (SSSR count). The largest absolute Gasteiger partial charge is 0.372 e. The van der Waals surface area contributed by atoms with E-state index in [2.05, 4.69) is 51.8 Å². The normalized spacial score (nSPS) is 18.4. The van der Waals surface area contributed by atoms with Crippen molar-refractivity contribution >= 4 is 40.0 Å². The Hall–Kier alpha value is -4.24. The van der Waals surface area contributed by atoms with Crippen molar-refractivity contribution in [3.8, 4) is 11.1 Å². The van der Waals surface area contributed by atoms with Gasteiger partial charge in [0.25, 0.3) is 5.56 Å². The van der Waals surface area contributed by atoms with Crippen molar-refractivity contribution < 1.29 is 4.74 Å². The number of likely N-dealkylation sites (N-methyl/N-ethyl adjacent to an activating group) is 1. The second-order valence-corrected chi connectivity index (χ2v) is 11.8. The van der Waals surface area contributed by atoms with Crippen LogP contribution in [0.5, 0.6) is 0 Å². The number of hydrogen-bond acceptors (Lipinski definition) is 7. The van der Waals surface area contributed by atoms with Crippen molar-refractivity contribution in [1.82, 2.24) is 19.9 Å². The molecule has 0 aliphatic carbocycles. The number of nitrogens with zero attached hydrogens (tertiary/aromatic N) is 4. The quantitative estimate of drug-likeness (QED) is 0.257. The minimum absolute atomic E-state index is 0.0455. The number of aromatic nitrogens is 3. The molecule has 4 heterocycles. The standard InChI is InChI=1S/C34H33ClN6O2/c1-21-7-12-27(29(35)15-21)28-17-24-18-37-34(38-25-10-8-22(9-11-25)31-19-36-13-14-43-31)39-32(24)41(33(28)42)26-16-23-5-3-4-6-30(23)40(2)20-26/h3-12,15,17-18,26,31,36H,13-14,16,19-20H2,1-2H3,(H,37,38,39). The van der Waals surface area contributed by atoms with Gasteiger partial charge in [-0.15, -0.1) is 0 Å². The Morgan fingerprint density at radius 3 is 2.67 bits per heavy atom. The molecule has 43 heavy (non-hydrogen) atoms. The van der Waals surface area contributed by atoms with Gasteiger partial charge in [-0.25, -0.2) is 4.98 Å². The lowest BCUT2D eigenvalue weighted by Crippen LogP contribution is -2.39. The highest BCUT2D eigenvalue weighted by Gasteiger charge is 2.27.